The minimum absolute atomic E-state index is 0.0484. The first-order valence-electron chi connectivity index (χ1n) is 7.64. The highest BCUT2D eigenvalue weighted by atomic mass is 16.4. The molecule has 0 radical (unpaired) electrons. The Balaban J connectivity index is 1.86. The number of rotatable bonds is 6. The van der Waals surface area contributed by atoms with Crippen molar-refractivity contribution in [1.82, 2.24) is 9.97 Å². The van der Waals surface area contributed by atoms with E-state index < -0.39 is 0 Å². The minimum Gasteiger partial charge on any atom is -0.415 e. The number of unbranched alkanes of at least 4 members (excludes halogenated alkanes) is 2. The van der Waals surface area contributed by atoms with Crippen molar-refractivity contribution in [2.75, 3.05) is 0 Å². The first kappa shape index (κ1) is 14.4. The lowest BCUT2D eigenvalue weighted by Crippen LogP contribution is -1.98. The van der Waals surface area contributed by atoms with E-state index in [0.717, 1.165) is 30.5 Å². The number of benzene rings is 1. The number of carbonyl (C=O) groups is 1. The van der Waals surface area contributed by atoms with Gasteiger partial charge in [-0.25, -0.2) is 9.97 Å². The summed E-state index contributed by atoms with van der Waals surface area (Å²) >= 11 is 0. The van der Waals surface area contributed by atoms with E-state index in [1.807, 2.05) is 42.5 Å². The second-order valence-electron chi connectivity index (χ2n) is 5.29. The van der Waals surface area contributed by atoms with Gasteiger partial charge >= 0.3 is 0 Å². The van der Waals surface area contributed by atoms with Crippen molar-refractivity contribution < 1.29 is 9.21 Å². The van der Waals surface area contributed by atoms with Crippen LogP contribution in [0.1, 0.15) is 43.3 Å². The maximum Gasteiger partial charge on any atom is 0.265 e. The predicted octanol–water partition coefficient (Wildman–Crippen LogP) is 4.65. The minimum atomic E-state index is -0.0484. The number of hydrogen-bond acceptors (Lipinski definition) is 4. The summed E-state index contributed by atoms with van der Waals surface area (Å²) in [6, 6.07) is 13.6. The van der Waals surface area contributed by atoms with Crippen LogP contribution in [0, 0.1) is 0 Å². The van der Waals surface area contributed by atoms with E-state index in [0.29, 0.717) is 17.7 Å². The van der Waals surface area contributed by atoms with E-state index in [1.165, 1.54) is 0 Å². The van der Waals surface area contributed by atoms with Gasteiger partial charge in [0.1, 0.15) is 5.52 Å². The molecule has 0 N–H and O–H groups in total. The number of fused-ring (bicyclic) bond motifs is 1. The topological polar surface area (TPSA) is 56.0 Å². The van der Waals surface area contributed by atoms with E-state index >= 15 is 0 Å². The van der Waals surface area contributed by atoms with E-state index in [2.05, 4.69) is 16.9 Å². The Hall–Kier alpha value is -2.49. The molecule has 3 aromatic rings. The van der Waals surface area contributed by atoms with Crippen molar-refractivity contribution in [3.05, 3.63) is 48.4 Å². The van der Waals surface area contributed by atoms with Crippen molar-refractivity contribution in [1.29, 1.82) is 0 Å². The number of pyridine rings is 1. The van der Waals surface area contributed by atoms with Gasteiger partial charge in [-0.15, -0.1) is 0 Å². The lowest BCUT2D eigenvalue weighted by atomic mass is 10.1. The molecule has 112 valence electrons. The fourth-order valence-electron chi connectivity index (χ4n) is 2.35. The van der Waals surface area contributed by atoms with Crippen LogP contribution in [-0.4, -0.2) is 15.8 Å². The second kappa shape index (κ2) is 6.52. The van der Waals surface area contributed by atoms with E-state index in [4.69, 9.17) is 4.42 Å². The summed E-state index contributed by atoms with van der Waals surface area (Å²) < 4.78 is 5.55. The molecule has 1 aromatic carbocycles. The van der Waals surface area contributed by atoms with Gasteiger partial charge in [-0.05, 0) is 18.6 Å². The molecule has 2 aromatic heterocycles. The monoisotopic (exact) mass is 294 g/mol. The first-order valence-corrected chi connectivity index (χ1v) is 7.64. The maximum absolute atomic E-state index is 12.1. The van der Waals surface area contributed by atoms with Crippen LogP contribution in [0.4, 0.5) is 0 Å². The molecule has 0 bridgehead atoms. The summed E-state index contributed by atoms with van der Waals surface area (Å²) in [5.41, 5.74) is 2.87. The van der Waals surface area contributed by atoms with E-state index in [1.54, 1.807) is 0 Å². The second-order valence-corrected chi connectivity index (χ2v) is 5.29. The van der Waals surface area contributed by atoms with Crippen LogP contribution >= 0.6 is 0 Å². The summed E-state index contributed by atoms with van der Waals surface area (Å²) in [6.45, 7) is 2.11. The molecule has 0 fully saturated rings. The molecule has 0 spiro atoms. The molecule has 0 amide bonds. The van der Waals surface area contributed by atoms with Gasteiger partial charge in [0, 0.05) is 12.0 Å². The number of carbonyl (C=O) groups excluding carboxylic acids is 1. The molecule has 0 unspecified atom stereocenters. The molecule has 4 nitrogen and oxygen atoms in total. The molecule has 0 aliphatic heterocycles. The Morgan fingerprint density at radius 3 is 2.64 bits per heavy atom. The Labute approximate surface area is 129 Å². The number of hydrogen-bond donors (Lipinski definition) is 0. The van der Waals surface area contributed by atoms with Crippen LogP contribution in [-0.2, 0) is 0 Å². The van der Waals surface area contributed by atoms with Crippen molar-refractivity contribution in [2.45, 2.75) is 32.6 Å². The average Bonchev–Trinajstić information content (AvgIpc) is 2.99. The molecular weight excluding hydrogens is 276 g/mol. The van der Waals surface area contributed by atoms with Crippen molar-refractivity contribution >= 4 is 17.0 Å². The Morgan fingerprint density at radius 1 is 1.05 bits per heavy atom. The average molecular weight is 294 g/mol. The smallest absolute Gasteiger partial charge is 0.265 e. The van der Waals surface area contributed by atoms with Crippen LogP contribution < -0.4 is 0 Å². The molecule has 0 atom stereocenters. The highest BCUT2D eigenvalue weighted by Crippen LogP contribution is 2.22. The molecule has 22 heavy (non-hydrogen) atoms. The van der Waals surface area contributed by atoms with Gasteiger partial charge in [-0.3, -0.25) is 4.79 Å². The maximum atomic E-state index is 12.1. The molecule has 3 rings (SSSR count). The predicted molar refractivity (Wildman–Crippen MR) is 85.7 cm³/mol. The van der Waals surface area contributed by atoms with E-state index in [9.17, 15) is 4.79 Å². The highest BCUT2D eigenvalue weighted by molar-refractivity contribution is 5.93. The fraction of sp³-hybridized carbons (Fsp3) is 0.278. The summed E-state index contributed by atoms with van der Waals surface area (Å²) in [6.07, 6.45) is 3.48. The van der Waals surface area contributed by atoms with Crippen LogP contribution in [0.3, 0.4) is 0 Å². The summed E-state index contributed by atoms with van der Waals surface area (Å²) in [5.74, 6) is 0.122. The van der Waals surface area contributed by atoms with Crippen LogP contribution in [0.15, 0.2) is 46.9 Å². The zero-order valence-electron chi connectivity index (χ0n) is 12.6. The third-order valence-corrected chi connectivity index (χ3v) is 3.57. The Bertz CT molecular complexity index is 778. The zero-order chi connectivity index (χ0) is 15.4. The van der Waals surface area contributed by atoms with Gasteiger partial charge in [-0.2, -0.15) is 0 Å². The van der Waals surface area contributed by atoms with Crippen LogP contribution in [0.5, 0.6) is 0 Å². The molecule has 0 saturated heterocycles. The van der Waals surface area contributed by atoms with Crippen molar-refractivity contribution in [3.8, 4) is 11.3 Å². The zero-order valence-corrected chi connectivity index (χ0v) is 12.6. The first-order chi connectivity index (χ1) is 10.8. The third kappa shape index (κ3) is 3.06. The summed E-state index contributed by atoms with van der Waals surface area (Å²) in [7, 11) is 0. The van der Waals surface area contributed by atoms with Gasteiger partial charge in [0.05, 0.1) is 5.69 Å². The van der Waals surface area contributed by atoms with Crippen molar-refractivity contribution in [2.24, 2.45) is 0 Å². The SMILES string of the molecule is CCCCCC(=O)c1nc2ccc(-c3ccccc3)nc2o1. The summed E-state index contributed by atoms with van der Waals surface area (Å²) in [4.78, 5) is 20.8. The molecular formula is C18H18N2O2. The van der Waals surface area contributed by atoms with Gasteiger partial charge in [0.2, 0.25) is 11.5 Å². The Kier molecular flexibility index (Phi) is 4.28. The third-order valence-electron chi connectivity index (χ3n) is 3.57. The number of ketones is 1. The normalized spacial score (nSPS) is 11.0. The van der Waals surface area contributed by atoms with Gasteiger partial charge in [0.15, 0.2) is 0 Å². The summed E-state index contributed by atoms with van der Waals surface area (Å²) in [5, 5.41) is 0. The molecule has 0 aliphatic carbocycles. The van der Waals surface area contributed by atoms with Crippen molar-refractivity contribution in [3.63, 3.8) is 0 Å². The number of aromatic nitrogens is 2. The lowest BCUT2D eigenvalue weighted by molar-refractivity contribution is 0.0947. The standard InChI is InChI=1S/C18H18N2O2/c1-2-3-5-10-16(21)18-20-15-12-11-14(19-17(15)22-18)13-8-6-4-7-9-13/h4,6-9,11-12H,2-3,5,10H2,1H3. The lowest BCUT2D eigenvalue weighted by Gasteiger charge is -1.98. The molecule has 2 heterocycles. The highest BCUT2D eigenvalue weighted by Gasteiger charge is 2.15. The van der Waals surface area contributed by atoms with Gasteiger partial charge in [0.25, 0.3) is 5.89 Å². The number of nitrogens with zero attached hydrogens (tertiary/aromatic N) is 2. The Morgan fingerprint density at radius 2 is 1.86 bits per heavy atom. The van der Waals surface area contributed by atoms with E-state index in [-0.39, 0.29) is 11.7 Å². The van der Waals surface area contributed by atoms with Gasteiger partial charge < -0.3 is 4.42 Å². The molecule has 0 aliphatic rings. The molecule has 4 heteroatoms. The number of Topliss-reactive ketones (excluding diaryl/α,β-unsaturated/α-hetero) is 1. The number of oxazole rings is 1. The largest absolute Gasteiger partial charge is 0.415 e. The van der Waals surface area contributed by atoms with Crippen LogP contribution in [0.2, 0.25) is 0 Å². The van der Waals surface area contributed by atoms with Crippen LogP contribution in [0.25, 0.3) is 22.5 Å². The van der Waals surface area contributed by atoms with Gasteiger partial charge in [-0.1, -0.05) is 50.1 Å². The fourth-order valence-corrected chi connectivity index (χ4v) is 2.35. The molecule has 0 saturated carbocycles. The quantitative estimate of drug-likeness (QED) is 0.490.